The smallest absolute Gasteiger partial charge is 0.141 e. The molecule has 0 aliphatic rings. The Morgan fingerprint density at radius 1 is 1.35 bits per heavy atom. The molecule has 0 amide bonds. The molecule has 2 heterocycles. The maximum absolute atomic E-state index is 12.7. The summed E-state index contributed by atoms with van der Waals surface area (Å²) in [6, 6.07) is 3.10. The van der Waals surface area contributed by atoms with Gasteiger partial charge in [0.2, 0.25) is 0 Å². The number of hydrogen-bond donors (Lipinski definition) is 1. The highest BCUT2D eigenvalue weighted by Gasteiger charge is 2.10. The first kappa shape index (κ1) is 12.0. The molecular weight excluding hydrogens is 237 g/mol. The summed E-state index contributed by atoms with van der Waals surface area (Å²) in [5.74, 6) is 0.331. The molecule has 0 fully saturated rings. The van der Waals surface area contributed by atoms with Crippen LogP contribution in [0.5, 0.6) is 0 Å². The number of hydrogen-bond acceptors (Lipinski definition) is 4. The molecule has 0 bridgehead atoms. The van der Waals surface area contributed by atoms with Crippen LogP contribution in [0.3, 0.4) is 0 Å². The number of nitrogens with one attached hydrogen (secondary N) is 1. The van der Waals surface area contributed by atoms with Crippen LogP contribution < -0.4 is 5.32 Å². The number of halogens is 1. The number of rotatable bonds is 4. The lowest BCUT2D eigenvalue weighted by Gasteiger charge is -2.11. The summed E-state index contributed by atoms with van der Waals surface area (Å²) in [4.78, 5) is 9.58. The van der Waals surface area contributed by atoms with Gasteiger partial charge in [0.1, 0.15) is 16.6 Å². The van der Waals surface area contributed by atoms with Crippen molar-refractivity contribution in [2.75, 3.05) is 5.32 Å². The van der Waals surface area contributed by atoms with E-state index in [0.717, 1.165) is 11.4 Å². The van der Waals surface area contributed by atoms with E-state index < -0.39 is 0 Å². The highest BCUT2D eigenvalue weighted by atomic mass is 32.1. The van der Waals surface area contributed by atoms with Crippen LogP contribution in [0.1, 0.15) is 29.8 Å². The third-order valence-corrected chi connectivity index (χ3v) is 3.71. The summed E-state index contributed by atoms with van der Waals surface area (Å²) in [6.45, 7) is 4.13. The van der Waals surface area contributed by atoms with Gasteiger partial charge >= 0.3 is 0 Å². The van der Waals surface area contributed by atoms with Crippen molar-refractivity contribution in [3.8, 4) is 0 Å². The van der Waals surface area contributed by atoms with Crippen molar-refractivity contribution >= 4 is 17.2 Å². The number of nitrogens with zero attached hydrogens (tertiary/aromatic N) is 2. The van der Waals surface area contributed by atoms with Gasteiger partial charge in [-0.1, -0.05) is 6.92 Å². The molecule has 3 nitrogen and oxygen atoms in total. The van der Waals surface area contributed by atoms with Gasteiger partial charge in [0.25, 0.3) is 0 Å². The number of anilines is 1. The summed E-state index contributed by atoms with van der Waals surface area (Å²) in [6.07, 6.45) is 4.10. The Hall–Kier alpha value is -1.49. The Morgan fingerprint density at radius 3 is 2.76 bits per heavy atom. The molecule has 1 atom stereocenters. The van der Waals surface area contributed by atoms with Crippen molar-refractivity contribution in [3.05, 3.63) is 40.2 Å². The van der Waals surface area contributed by atoms with Gasteiger partial charge < -0.3 is 5.32 Å². The zero-order valence-corrected chi connectivity index (χ0v) is 10.6. The second kappa shape index (κ2) is 5.23. The first-order valence-corrected chi connectivity index (χ1v) is 6.33. The second-order valence-corrected chi connectivity index (χ2v) is 4.89. The molecule has 0 radical (unpaired) electrons. The van der Waals surface area contributed by atoms with Crippen LogP contribution in [-0.2, 0) is 6.42 Å². The first-order valence-electron chi connectivity index (χ1n) is 5.51. The molecule has 0 aliphatic carbocycles. The molecule has 0 saturated heterocycles. The van der Waals surface area contributed by atoms with Crippen molar-refractivity contribution < 1.29 is 4.39 Å². The number of pyridine rings is 1. The van der Waals surface area contributed by atoms with Crippen LogP contribution in [0, 0.1) is 5.82 Å². The van der Waals surface area contributed by atoms with Gasteiger partial charge in [0.05, 0.1) is 12.2 Å². The fraction of sp³-hybridized carbons (Fsp3) is 0.333. The fourth-order valence-corrected chi connectivity index (χ4v) is 2.29. The van der Waals surface area contributed by atoms with Gasteiger partial charge in [-0.3, -0.25) is 0 Å². The van der Waals surface area contributed by atoms with Crippen molar-refractivity contribution in [2.24, 2.45) is 0 Å². The first-order chi connectivity index (χ1) is 8.19. The molecule has 0 aliphatic heterocycles. The van der Waals surface area contributed by atoms with Gasteiger partial charge in [-0.05, 0) is 25.5 Å². The Bertz CT molecular complexity index is 481. The largest absolute Gasteiger partial charge is 0.361 e. The minimum atomic E-state index is -0.328. The third-order valence-electron chi connectivity index (χ3n) is 2.38. The van der Waals surface area contributed by atoms with Crippen LogP contribution in [0.4, 0.5) is 10.2 Å². The predicted molar refractivity (Wildman–Crippen MR) is 67.7 cm³/mol. The zero-order valence-electron chi connectivity index (χ0n) is 9.77. The van der Waals surface area contributed by atoms with Crippen molar-refractivity contribution in [1.82, 2.24) is 9.97 Å². The standard InChI is InChI=1S/C12H14FN3S/c1-3-10-7-15-12(17-10)8(2)16-11-5-4-9(13)6-14-11/h4-8H,3H2,1-2H3,(H,14,16). The minimum absolute atomic E-state index is 0.0817. The quantitative estimate of drug-likeness (QED) is 0.904. The lowest BCUT2D eigenvalue weighted by atomic mass is 10.3. The minimum Gasteiger partial charge on any atom is -0.361 e. The molecule has 17 heavy (non-hydrogen) atoms. The van der Waals surface area contributed by atoms with Crippen LogP contribution in [0.25, 0.3) is 0 Å². The lowest BCUT2D eigenvalue weighted by molar-refractivity contribution is 0.621. The lowest BCUT2D eigenvalue weighted by Crippen LogP contribution is -2.07. The van der Waals surface area contributed by atoms with Gasteiger partial charge in [-0.15, -0.1) is 11.3 Å². The summed E-state index contributed by atoms with van der Waals surface area (Å²) in [5.41, 5.74) is 0. The summed E-state index contributed by atoms with van der Waals surface area (Å²) in [5, 5.41) is 4.21. The topological polar surface area (TPSA) is 37.8 Å². The van der Waals surface area contributed by atoms with E-state index in [9.17, 15) is 4.39 Å². The van der Waals surface area contributed by atoms with E-state index in [0.29, 0.717) is 5.82 Å². The summed E-state index contributed by atoms with van der Waals surface area (Å²) >= 11 is 1.69. The van der Waals surface area contributed by atoms with E-state index >= 15 is 0 Å². The van der Waals surface area contributed by atoms with Crippen LogP contribution in [0.15, 0.2) is 24.5 Å². The highest BCUT2D eigenvalue weighted by Crippen LogP contribution is 2.23. The van der Waals surface area contributed by atoms with Crippen LogP contribution in [-0.4, -0.2) is 9.97 Å². The molecule has 0 spiro atoms. The van der Waals surface area contributed by atoms with E-state index in [4.69, 9.17) is 0 Å². The van der Waals surface area contributed by atoms with Crippen molar-refractivity contribution in [1.29, 1.82) is 0 Å². The normalized spacial score (nSPS) is 12.4. The number of aromatic nitrogens is 2. The Kier molecular flexibility index (Phi) is 3.68. The van der Waals surface area contributed by atoms with E-state index in [2.05, 4.69) is 22.2 Å². The van der Waals surface area contributed by atoms with Gasteiger partial charge in [-0.2, -0.15) is 0 Å². The average molecular weight is 251 g/mol. The summed E-state index contributed by atoms with van der Waals surface area (Å²) < 4.78 is 12.7. The molecule has 5 heteroatoms. The molecule has 1 unspecified atom stereocenters. The van der Waals surface area contributed by atoms with Gasteiger partial charge in [-0.25, -0.2) is 14.4 Å². The molecule has 2 aromatic heterocycles. The maximum atomic E-state index is 12.7. The highest BCUT2D eigenvalue weighted by molar-refractivity contribution is 7.11. The van der Waals surface area contributed by atoms with Crippen molar-refractivity contribution in [2.45, 2.75) is 26.3 Å². The molecule has 90 valence electrons. The number of thiazole rings is 1. The monoisotopic (exact) mass is 251 g/mol. The van der Waals surface area contributed by atoms with E-state index in [1.165, 1.54) is 17.1 Å². The Morgan fingerprint density at radius 2 is 2.18 bits per heavy atom. The second-order valence-electron chi connectivity index (χ2n) is 3.75. The fourth-order valence-electron chi connectivity index (χ4n) is 1.43. The van der Waals surface area contributed by atoms with Crippen molar-refractivity contribution in [3.63, 3.8) is 0 Å². The molecule has 0 aromatic carbocycles. The van der Waals surface area contributed by atoms with E-state index in [-0.39, 0.29) is 11.9 Å². The van der Waals surface area contributed by atoms with E-state index in [1.807, 2.05) is 13.1 Å². The number of aryl methyl sites for hydroxylation is 1. The van der Waals surface area contributed by atoms with E-state index in [1.54, 1.807) is 17.4 Å². The average Bonchev–Trinajstić information content (AvgIpc) is 2.81. The van der Waals surface area contributed by atoms with Gasteiger partial charge in [0, 0.05) is 11.1 Å². The SMILES string of the molecule is CCc1cnc(C(C)Nc2ccc(F)cn2)s1. The Labute approximate surface area is 104 Å². The van der Waals surface area contributed by atoms with Gasteiger partial charge in [0.15, 0.2) is 0 Å². The molecule has 1 N–H and O–H groups in total. The molecule has 0 saturated carbocycles. The molecule has 2 rings (SSSR count). The van der Waals surface area contributed by atoms with Crippen LogP contribution in [0.2, 0.25) is 0 Å². The molecule has 2 aromatic rings. The molecular formula is C12H14FN3S. The third kappa shape index (κ3) is 3.00. The maximum Gasteiger partial charge on any atom is 0.141 e. The summed E-state index contributed by atoms with van der Waals surface area (Å²) in [7, 11) is 0. The predicted octanol–water partition coefficient (Wildman–Crippen LogP) is 3.41. The van der Waals surface area contributed by atoms with Crippen LogP contribution >= 0.6 is 11.3 Å². The Balaban J connectivity index is 2.05. The zero-order chi connectivity index (χ0) is 12.3.